The normalized spacial score (nSPS) is 16.8. The number of hydrogen-bond donors (Lipinski definition) is 13. The number of nitrogens with zero attached hydrogens (tertiary/aromatic N) is 4. The van der Waals surface area contributed by atoms with Crippen molar-refractivity contribution >= 4 is 105 Å². The highest BCUT2D eigenvalue weighted by molar-refractivity contribution is 7.86. The van der Waals surface area contributed by atoms with Gasteiger partial charge >= 0.3 is 29.9 Å². The van der Waals surface area contributed by atoms with Crippen LogP contribution < -0.4 is 36.2 Å². The van der Waals surface area contributed by atoms with Gasteiger partial charge < -0.3 is 65.6 Å². The van der Waals surface area contributed by atoms with Crippen LogP contribution in [0, 0.1) is 0 Å². The number of benzene rings is 4. The highest BCUT2D eigenvalue weighted by Crippen LogP contribution is 2.49. The minimum Gasteiger partial charge on any atom is -0.481 e. The van der Waals surface area contributed by atoms with Crippen LogP contribution in [-0.4, -0.2) is 249 Å². The molecule has 116 heavy (non-hydrogen) atoms. The smallest absolute Gasteiger partial charge is 0.326 e. The maximum atomic E-state index is 14.4. The fraction of sp³-hybridized carbons (Fsp3) is 0.474. The van der Waals surface area contributed by atoms with Gasteiger partial charge in [-0.15, -0.1) is 0 Å². The number of ether oxygens (including phenoxy) is 1. The van der Waals surface area contributed by atoms with E-state index in [9.17, 15) is 106 Å². The van der Waals surface area contributed by atoms with Crippen LogP contribution in [0.15, 0.2) is 148 Å². The van der Waals surface area contributed by atoms with Crippen LogP contribution in [0.4, 0.5) is 16.2 Å². The lowest BCUT2D eigenvalue weighted by molar-refractivity contribution is -0.945. The zero-order chi connectivity index (χ0) is 86.1. The summed E-state index contributed by atoms with van der Waals surface area (Å²) >= 11 is 0. The lowest BCUT2D eigenvalue weighted by Gasteiger charge is -2.35. The zero-order valence-electron chi connectivity index (χ0n) is 66.0. The Kier molecular flexibility index (Phi) is 31.8. The summed E-state index contributed by atoms with van der Waals surface area (Å²) in [5.74, 6) is -7.79. The van der Waals surface area contributed by atoms with Crippen LogP contribution in [0.1, 0.15) is 127 Å². The van der Waals surface area contributed by atoms with Crippen molar-refractivity contribution in [1.82, 2.24) is 26.6 Å². The van der Waals surface area contributed by atoms with E-state index in [-0.39, 0.29) is 93.0 Å². The molecule has 13 N–H and O–H groups in total. The molecule has 2 heterocycles. The second kappa shape index (κ2) is 39.5. The Morgan fingerprint density at radius 1 is 0.560 bits per heavy atom. The Labute approximate surface area is 675 Å². The van der Waals surface area contributed by atoms with Gasteiger partial charge in [-0.25, -0.2) is 19.2 Å². The SMILES string of the molecule is CC1(C)C(/C=C/C2=C(Oc3ccc(C[C@H](NC(=O)[C@H](Cc4ccccc4)NC(=O)CC[N+](C)(C)CC[N+](C)(C)CCNC(=O)CC[C@H](NC(=O)N[C@@H](CCC(=O)O)C(=O)O)C(=O)O)C(=O)O)cc3)C(=C/C=C3/N(CCCCS(=O)(=O)O)c4ccc(S(=O)(=O)O)cc4C3(C)C)/CCC2)=[N+](CCCCS(=O)(=O)O)c2ccc(S(=O)(=O)O)cc21. The summed E-state index contributed by atoms with van der Waals surface area (Å²) in [5.41, 5.74) is 4.11. The van der Waals surface area contributed by atoms with Crippen LogP contribution in [0.3, 0.4) is 0 Å². The third-order valence-corrected chi connectivity index (χ3v) is 24.0. The van der Waals surface area contributed by atoms with Crippen molar-refractivity contribution in [3.63, 3.8) is 0 Å². The number of likely N-dealkylation sites (N-methyl/N-ethyl adjacent to an activating group) is 2. The molecule has 2 aliphatic heterocycles. The molecular weight excluding hydrogens is 1590 g/mol. The topological polar surface area (TPSA) is 511 Å². The average molecular weight is 1700 g/mol. The van der Waals surface area contributed by atoms with Crippen LogP contribution in [-0.2, 0) is 97.7 Å². The van der Waals surface area contributed by atoms with E-state index in [1.807, 2.05) is 95.0 Å². The maximum Gasteiger partial charge on any atom is 0.326 e. The first-order valence-corrected chi connectivity index (χ1v) is 43.7. The molecule has 0 saturated carbocycles. The Hall–Kier alpha value is -9.77. The monoisotopic (exact) mass is 1700 g/mol. The molecule has 1 aliphatic carbocycles. The number of unbranched alkanes of at least 4 members (excludes halogenated alkanes) is 2. The number of rotatable bonds is 44. The summed E-state index contributed by atoms with van der Waals surface area (Å²) in [4.78, 5) is 102. The number of carbonyl (C=O) groups is 8. The average Bonchev–Trinajstić information content (AvgIpc) is 1.59. The van der Waals surface area contributed by atoms with Gasteiger partial charge in [-0.05, 0) is 148 Å². The van der Waals surface area contributed by atoms with Crippen LogP contribution in [0.5, 0.6) is 5.75 Å². The molecule has 634 valence electrons. The molecule has 0 spiro atoms. The van der Waals surface area contributed by atoms with Crippen molar-refractivity contribution in [3.05, 3.63) is 160 Å². The van der Waals surface area contributed by atoms with Gasteiger partial charge in [0.1, 0.15) is 55.3 Å². The molecule has 7 rings (SSSR count). The number of carbonyl (C=O) groups excluding carboxylic acids is 4. The molecule has 38 heteroatoms. The van der Waals surface area contributed by atoms with Gasteiger partial charge in [-0.3, -0.25) is 37.4 Å². The first-order valence-electron chi connectivity index (χ1n) is 37.6. The van der Waals surface area contributed by atoms with E-state index in [0.717, 1.165) is 0 Å². The first kappa shape index (κ1) is 93.4. The second-order valence-electron chi connectivity index (χ2n) is 31.4. The van der Waals surface area contributed by atoms with Crippen molar-refractivity contribution in [2.24, 2.45) is 0 Å². The number of carboxylic acid groups (broad SMARTS) is 4. The van der Waals surface area contributed by atoms with Crippen LogP contribution >= 0.6 is 0 Å². The third kappa shape index (κ3) is 27.7. The van der Waals surface area contributed by atoms with E-state index >= 15 is 0 Å². The van der Waals surface area contributed by atoms with Crippen molar-refractivity contribution in [1.29, 1.82) is 0 Å². The molecule has 0 bridgehead atoms. The first-order chi connectivity index (χ1) is 53.9. The number of nitrogens with one attached hydrogen (secondary N) is 5. The quantitative estimate of drug-likeness (QED) is 0.0106. The highest BCUT2D eigenvalue weighted by Gasteiger charge is 2.46. The van der Waals surface area contributed by atoms with Crippen molar-refractivity contribution in [3.8, 4) is 5.75 Å². The van der Waals surface area contributed by atoms with E-state index in [4.69, 9.17) is 9.84 Å². The number of hydrogen-bond acceptors (Lipinski definition) is 18. The van der Waals surface area contributed by atoms with E-state index in [2.05, 4.69) is 21.3 Å². The molecule has 0 fully saturated rings. The van der Waals surface area contributed by atoms with Gasteiger partial charge in [0.2, 0.25) is 23.4 Å². The molecule has 4 aromatic carbocycles. The Balaban J connectivity index is 1.09. The summed E-state index contributed by atoms with van der Waals surface area (Å²) in [5, 5.41) is 51.0. The molecule has 0 aromatic heterocycles. The summed E-state index contributed by atoms with van der Waals surface area (Å²) in [6, 6.07) is 16.6. The largest absolute Gasteiger partial charge is 0.481 e. The van der Waals surface area contributed by atoms with Crippen LogP contribution in [0.2, 0.25) is 0 Å². The van der Waals surface area contributed by atoms with E-state index < -0.39 is 147 Å². The minimum absolute atomic E-state index is 0.000376. The maximum absolute atomic E-state index is 14.4. The lowest BCUT2D eigenvalue weighted by atomic mass is 9.81. The summed E-state index contributed by atoms with van der Waals surface area (Å²) in [6.07, 6.45) is 7.60. The summed E-state index contributed by atoms with van der Waals surface area (Å²) in [7, 11) is -10.2. The standard InChI is InChI=1S/C78H103N9O25S4/c1-77(2)58-49-56(115(106,107)108)27-31-64(58)84(39-12-14-45-113(100,101)102)66(77)33-23-53-19-16-20-54(24-34-67-78(3,4)59-50-57(116(109,110)111)28-32-65(59)85(67)40-13-15-46-114(103,104)105)71(53)112-55-25-21-52(22-26-55)48-63(75(97)98)81-72(92)62(47-51-17-10-9-11-18-51)80-69(89)37-41-86(5,6)43-44-87(7,8)42-38-79-68(88)35-29-60(73(93)94)82-76(99)83-61(74(95)96)30-36-70(90)91/h9-11,17-18,21-28,31-34,49-50,60-63H,12-16,19-20,29-30,35-48H2,1-8H3,(H10-3,79,80,81,82,83,88,89,90,91,92,93,94,95,96,97,98,99,100,101,102,103,104,105,106,107,108,109,110,111)/p+3/t60-,61-,62-,63-/m0/s1. The van der Waals surface area contributed by atoms with E-state index in [1.54, 1.807) is 66.7 Å². The lowest BCUT2D eigenvalue weighted by Crippen LogP contribution is -2.55. The minimum atomic E-state index is -4.66. The van der Waals surface area contributed by atoms with Gasteiger partial charge in [0.15, 0.2) is 5.71 Å². The van der Waals surface area contributed by atoms with Gasteiger partial charge in [0, 0.05) is 73.2 Å². The summed E-state index contributed by atoms with van der Waals surface area (Å²) in [6.45, 7) is 9.92. The molecule has 0 unspecified atom stereocenters. The van der Waals surface area contributed by atoms with E-state index in [0.29, 0.717) is 116 Å². The number of urea groups is 1. The number of aliphatic carboxylic acids is 4. The van der Waals surface area contributed by atoms with Gasteiger partial charge in [-0.1, -0.05) is 62.4 Å². The second-order valence-corrected chi connectivity index (χ2v) is 37.4. The van der Waals surface area contributed by atoms with Crippen molar-refractivity contribution < 1.29 is 129 Å². The van der Waals surface area contributed by atoms with Gasteiger partial charge in [-0.2, -0.15) is 38.2 Å². The number of carboxylic acids is 4. The molecule has 5 amide bonds. The molecule has 4 atom stereocenters. The predicted molar refractivity (Wildman–Crippen MR) is 428 cm³/mol. The van der Waals surface area contributed by atoms with Gasteiger partial charge in [0.25, 0.3) is 40.5 Å². The van der Waals surface area contributed by atoms with Crippen LogP contribution in [0.25, 0.3) is 0 Å². The Bertz CT molecular complexity index is 4980. The van der Waals surface area contributed by atoms with Crippen molar-refractivity contribution in [2.45, 2.75) is 162 Å². The Morgan fingerprint density at radius 2 is 1.11 bits per heavy atom. The molecule has 34 nitrogen and oxygen atoms in total. The van der Waals surface area contributed by atoms with E-state index in [1.165, 1.54) is 24.3 Å². The summed E-state index contributed by atoms with van der Waals surface area (Å²) < 4.78 is 146. The molecular formula is C78H106N9O25S4+3. The third-order valence-electron chi connectivity index (χ3n) is 20.7. The fourth-order valence-corrected chi connectivity index (χ4v) is 16.1. The molecule has 4 aromatic rings. The fourth-order valence-electron chi connectivity index (χ4n) is 13.9. The number of allylic oxidation sites excluding steroid dienone is 7. The Morgan fingerprint density at radius 3 is 1.69 bits per heavy atom. The molecule has 0 radical (unpaired) electrons. The number of amides is 5. The number of quaternary nitrogens is 2. The zero-order valence-corrected chi connectivity index (χ0v) is 69.2. The predicted octanol–water partition coefficient (Wildman–Crippen LogP) is 5.92. The van der Waals surface area contributed by atoms with Crippen molar-refractivity contribution in [2.75, 3.05) is 90.4 Å². The highest BCUT2D eigenvalue weighted by atomic mass is 32.2. The molecule has 3 aliphatic rings. The number of anilines is 1. The number of fused-ring (bicyclic) bond motifs is 2. The van der Waals surface area contributed by atoms with Gasteiger partial charge in [0.05, 0.1) is 81.0 Å². The molecule has 0 saturated heterocycles.